The third-order valence-electron chi connectivity index (χ3n) is 2.10. The number of hydrogen-bond acceptors (Lipinski definition) is 1. The van der Waals surface area contributed by atoms with Crippen molar-refractivity contribution in [3.8, 4) is 0 Å². The first-order chi connectivity index (χ1) is 5.35. The van der Waals surface area contributed by atoms with E-state index in [0.29, 0.717) is 0 Å². The summed E-state index contributed by atoms with van der Waals surface area (Å²) in [5.74, 6) is 0.836. The SMILES string of the molecule is CCCCC(CC)CO[SiH2]C. The van der Waals surface area contributed by atoms with E-state index in [2.05, 4.69) is 20.4 Å². The second-order valence-electron chi connectivity index (χ2n) is 3.08. The zero-order valence-electron chi connectivity index (χ0n) is 8.23. The monoisotopic (exact) mass is 174 g/mol. The number of hydrogen-bond donors (Lipinski definition) is 0. The number of rotatable bonds is 7. The van der Waals surface area contributed by atoms with Crippen LogP contribution in [0, 0.1) is 5.92 Å². The predicted molar refractivity (Wildman–Crippen MR) is 53.7 cm³/mol. The van der Waals surface area contributed by atoms with Gasteiger partial charge in [-0.25, -0.2) is 0 Å². The van der Waals surface area contributed by atoms with E-state index < -0.39 is 0 Å². The maximum Gasteiger partial charge on any atom is 0.158 e. The first-order valence-corrected chi connectivity index (χ1v) is 6.91. The van der Waals surface area contributed by atoms with E-state index in [1.807, 2.05) is 0 Å². The second kappa shape index (κ2) is 8.28. The molecule has 0 aromatic rings. The highest BCUT2D eigenvalue weighted by Gasteiger charge is 2.03. The van der Waals surface area contributed by atoms with Crippen LogP contribution in [-0.4, -0.2) is 16.4 Å². The lowest BCUT2D eigenvalue weighted by Crippen LogP contribution is -2.09. The summed E-state index contributed by atoms with van der Waals surface area (Å²) in [6.45, 7) is 7.74. The van der Waals surface area contributed by atoms with Gasteiger partial charge >= 0.3 is 0 Å². The maximum absolute atomic E-state index is 5.52. The van der Waals surface area contributed by atoms with E-state index in [1.165, 1.54) is 25.7 Å². The van der Waals surface area contributed by atoms with Crippen molar-refractivity contribution in [1.29, 1.82) is 0 Å². The van der Waals surface area contributed by atoms with Crippen molar-refractivity contribution in [1.82, 2.24) is 0 Å². The molecule has 11 heavy (non-hydrogen) atoms. The fourth-order valence-corrected chi connectivity index (χ4v) is 1.75. The molecule has 0 aromatic carbocycles. The molecule has 0 radical (unpaired) electrons. The van der Waals surface area contributed by atoms with E-state index in [-0.39, 0.29) is 9.76 Å². The van der Waals surface area contributed by atoms with Gasteiger partial charge in [-0.15, -0.1) is 0 Å². The first kappa shape index (κ1) is 11.2. The van der Waals surface area contributed by atoms with Crippen LogP contribution < -0.4 is 0 Å². The molecule has 0 aliphatic rings. The van der Waals surface area contributed by atoms with Crippen LogP contribution in [0.1, 0.15) is 39.5 Å². The Hall–Kier alpha value is 0.177. The molecule has 1 nitrogen and oxygen atoms in total. The third kappa shape index (κ3) is 6.57. The van der Waals surface area contributed by atoms with Crippen molar-refractivity contribution in [2.75, 3.05) is 6.61 Å². The summed E-state index contributed by atoms with van der Waals surface area (Å²) >= 11 is 0. The van der Waals surface area contributed by atoms with E-state index >= 15 is 0 Å². The van der Waals surface area contributed by atoms with Gasteiger partial charge < -0.3 is 4.43 Å². The van der Waals surface area contributed by atoms with E-state index in [4.69, 9.17) is 4.43 Å². The summed E-state index contributed by atoms with van der Waals surface area (Å²) in [5.41, 5.74) is 0. The summed E-state index contributed by atoms with van der Waals surface area (Å²) in [6.07, 6.45) is 5.34. The van der Waals surface area contributed by atoms with Gasteiger partial charge in [0, 0.05) is 6.61 Å². The van der Waals surface area contributed by atoms with Crippen molar-refractivity contribution < 1.29 is 4.43 Å². The van der Waals surface area contributed by atoms with Gasteiger partial charge in [0.15, 0.2) is 9.76 Å². The normalized spacial score (nSPS) is 14.5. The Morgan fingerprint density at radius 1 is 1.36 bits per heavy atom. The Morgan fingerprint density at radius 2 is 2.09 bits per heavy atom. The minimum atomic E-state index is -0.161. The molecule has 0 aliphatic heterocycles. The Kier molecular flexibility index (Phi) is 8.41. The minimum absolute atomic E-state index is 0.161. The van der Waals surface area contributed by atoms with Gasteiger partial charge in [0.2, 0.25) is 0 Å². The average molecular weight is 174 g/mol. The molecule has 68 valence electrons. The van der Waals surface area contributed by atoms with Gasteiger partial charge in [-0.3, -0.25) is 0 Å². The van der Waals surface area contributed by atoms with Crippen molar-refractivity contribution in [2.45, 2.75) is 46.1 Å². The van der Waals surface area contributed by atoms with Crippen molar-refractivity contribution in [2.24, 2.45) is 5.92 Å². The molecule has 0 heterocycles. The zero-order valence-corrected chi connectivity index (χ0v) is 9.64. The zero-order chi connectivity index (χ0) is 8.53. The fraction of sp³-hybridized carbons (Fsp3) is 1.00. The molecular formula is C9H22OSi. The summed E-state index contributed by atoms with van der Waals surface area (Å²) in [7, 11) is -0.161. The maximum atomic E-state index is 5.52. The lowest BCUT2D eigenvalue weighted by Gasteiger charge is -2.13. The smallest absolute Gasteiger partial charge is 0.158 e. The summed E-state index contributed by atoms with van der Waals surface area (Å²) in [5, 5.41) is 0. The molecule has 0 amide bonds. The first-order valence-electron chi connectivity index (χ1n) is 4.92. The second-order valence-corrected chi connectivity index (χ2v) is 4.06. The van der Waals surface area contributed by atoms with Crippen LogP contribution in [0.25, 0.3) is 0 Å². The highest BCUT2D eigenvalue weighted by Crippen LogP contribution is 2.12. The molecule has 1 atom stereocenters. The molecule has 0 saturated carbocycles. The summed E-state index contributed by atoms with van der Waals surface area (Å²) in [6, 6.07) is 0. The molecule has 0 N–H and O–H groups in total. The van der Waals surface area contributed by atoms with Gasteiger partial charge in [-0.1, -0.05) is 39.7 Å². The van der Waals surface area contributed by atoms with Crippen molar-refractivity contribution in [3.63, 3.8) is 0 Å². The van der Waals surface area contributed by atoms with Crippen LogP contribution in [0.5, 0.6) is 0 Å². The van der Waals surface area contributed by atoms with Crippen molar-refractivity contribution >= 4 is 9.76 Å². The molecule has 0 fully saturated rings. The Morgan fingerprint density at radius 3 is 2.55 bits per heavy atom. The highest BCUT2D eigenvalue weighted by molar-refractivity contribution is 6.24. The topological polar surface area (TPSA) is 9.23 Å². The molecule has 0 bridgehead atoms. The Labute approximate surface area is 73.5 Å². The van der Waals surface area contributed by atoms with E-state index in [9.17, 15) is 0 Å². The van der Waals surface area contributed by atoms with Gasteiger partial charge in [0.05, 0.1) is 0 Å². The van der Waals surface area contributed by atoms with Crippen LogP contribution in [-0.2, 0) is 4.43 Å². The van der Waals surface area contributed by atoms with E-state index in [1.54, 1.807) is 0 Å². The molecule has 2 heteroatoms. The molecule has 0 rings (SSSR count). The predicted octanol–water partition coefficient (Wildman–Crippen LogP) is 2.35. The number of unbranched alkanes of at least 4 members (excludes halogenated alkanes) is 1. The van der Waals surface area contributed by atoms with Crippen LogP contribution in [0.3, 0.4) is 0 Å². The fourth-order valence-electron chi connectivity index (χ4n) is 1.18. The van der Waals surface area contributed by atoms with Gasteiger partial charge in [-0.2, -0.15) is 0 Å². The molecule has 0 saturated heterocycles. The van der Waals surface area contributed by atoms with Gasteiger partial charge in [0.25, 0.3) is 0 Å². The average Bonchev–Trinajstić information content (AvgIpc) is 2.05. The van der Waals surface area contributed by atoms with Gasteiger partial charge in [0.1, 0.15) is 0 Å². The minimum Gasteiger partial charge on any atom is -0.424 e. The summed E-state index contributed by atoms with van der Waals surface area (Å²) < 4.78 is 5.52. The van der Waals surface area contributed by atoms with Crippen molar-refractivity contribution in [3.05, 3.63) is 0 Å². The van der Waals surface area contributed by atoms with Crippen LogP contribution in [0.4, 0.5) is 0 Å². The molecular weight excluding hydrogens is 152 g/mol. The molecule has 1 unspecified atom stereocenters. The van der Waals surface area contributed by atoms with Gasteiger partial charge in [-0.05, 0) is 12.3 Å². The van der Waals surface area contributed by atoms with Crippen LogP contribution in [0.2, 0.25) is 6.55 Å². The largest absolute Gasteiger partial charge is 0.424 e. The lowest BCUT2D eigenvalue weighted by molar-refractivity contribution is 0.244. The molecule has 0 aromatic heterocycles. The summed E-state index contributed by atoms with van der Waals surface area (Å²) in [4.78, 5) is 0. The third-order valence-corrected chi connectivity index (χ3v) is 2.74. The quantitative estimate of drug-likeness (QED) is 0.538. The molecule has 0 spiro atoms. The Bertz CT molecular complexity index is 68.0. The molecule has 0 aliphatic carbocycles. The van der Waals surface area contributed by atoms with E-state index in [0.717, 1.165) is 12.5 Å². The highest BCUT2D eigenvalue weighted by atomic mass is 28.2. The van der Waals surface area contributed by atoms with Crippen LogP contribution in [0.15, 0.2) is 0 Å². The van der Waals surface area contributed by atoms with Crippen LogP contribution >= 0.6 is 0 Å². The Balaban J connectivity index is 3.25. The lowest BCUT2D eigenvalue weighted by atomic mass is 10.0. The standard InChI is InChI=1S/C9H22OSi/c1-4-6-7-9(5-2)8-10-11-3/h9H,4-8,11H2,1-3H3.